The van der Waals surface area contributed by atoms with Gasteiger partial charge in [-0.2, -0.15) is 11.8 Å². The van der Waals surface area contributed by atoms with Crippen LogP contribution in [-0.2, 0) is 0 Å². The summed E-state index contributed by atoms with van der Waals surface area (Å²) in [7, 11) is 0. The van der Waals surface area contributed by atoms with E-state index < -0.39 is 0 Å². The molecule has 0 aromatic rings. The normalized spacial score (nSPS) is 39.6. The predicted molar refractivity (Wildman–Crippen MR) is 74.1 cm³/mol. The molecule has 0 spiro atoms. The number of rotatable bonds is 2. The fourth-order valence-electron chi connectivity index (χ4n) is 3.68. The molecule has 3 atom stereocenters. The van der Waals surface area contributed by atoms with Crippen LogP contribution in [0.3, 0.4) is 0 Å². The largest absolute Gasteiger partial charge is 0.310 e. The minimum Gasteiger partial charge on any atom is -0.310 e. The van der Waals surface area contributed by atoms with Gasteiger partial charge in [-0.1, -0.05) is 20.8 Å². The van der Waals surface area contributed by atoms with Crippen molar-refractivity contribution < 1.29 is 0 Å². The molecule has 0 aromatic heterocycles. The van der Waals surface area contributed by atoms with Crippen LogP contribution in [0.25, 0.3) is 0 Å². The fourth-order valence-corrected chi connectivity index (χ4v) is 4.76. The molecule has 0 radical (unpaired) electrons. The quantitative estimate of drug-likeness (QED) is 0.791. The zero-order chi connectivity index (χ0) is 11.6. The summed E-state index contributed by atoms with van der Waals surface area (Å²) in [6.07, 6.45) is 6.99. The Labute approximate surface area is 105 Å². The van der Waals surface area contributed by atoms with E-state index in [0.29, 0.717) is 5.41 Å². The van der Waals surface area contributed by atoms with Crippen molar-refractivity contribution in [1.82, 2.24) is 5.32 Å². The van der Waals surface area contributed by atoms with E-state index in [1.165, 1.54) is 43.6 Å². The van der Waals surface area contributed by atoms with Gasteiger partial charge in [0.15, 0.2) is 0 Å². The second kappa shape index (κ2) is 5.30. The van der Waals surface area contributed by atoms with Gasteiger partial charge in [-0.3, -0.25) is 0 Å². The summed E-state index contributed by atoms with van der Waals surface area (Å²) < 4.78 is 0. The Morgan fingerprint density at radius 3 is 2.62 bits per heavy atom. The van der Waals surface area contributed by atoms with Crippen molar-refractivity contribution in [3.8, 4) is 0 Å². The van der Waals surface area contributed by atoms with Crippen LogP contribution in [0, 0.1) is 11.3 Å². The van der Waals surface area contributed by atoms with Gasteiger partial charge >= 0.3 is 0 Å². The van der Waals surface area contributed by atoms with Crippen molar-refractivity contribution in [2.75, 3.05) is 11.5 Å². The van der Waals surface area contributed by atoms with E-state index in [4.69, 9.17) is 0 Å². The van der Waals surface area contributed by atoms with Gasteiger partial charge in [0.05, 0.1) is 0 Å². The number of thioether (sulfide) groups is 1. The molecule has 94 valence electrons. The topological polar surface area (TPSA) is 12.0 Å². The molecular formula is C14H27NS. The Bertz CT molecular complexity index is 221. The Morgan fingerprint density at radius 2 is 2.00 bits per heavy atom. The molecule has 2 aliphatic rings. The molecule has 3 unspecified atom stereocenters. The van der Waals surface area contributed by atoms with Crippen molar-refractivity contribution in [2.45, 2.75) is 65.0 Å². The van der Waals surface area contributed by atoms with Crippen molar-refractivity contribution in [2.24, 2.45) is 11.3 Å². The number of hydrogen-bond acceptors (Lipinski definition) is 2. The zero-order valence-corrected chi connectivity index (χ0v) is 11.9. The monoisotopic (exact) mass is 241 g/mol. The number of nitrogens with one attached hydrogen (secondary N) is 1. The Hall–Kier alpha value is 0.310. The maximum Gasteiger partial charge on any atom is 0.0161 e. The standard InChI is InChI=1S/C14H27NS/c1-11-7-13(9-14(2,3)8-11)15-12-5-4-6-16-10-12/h11-13,15H,4-10H2,1-3H3. The third kappa shape index (κ3) is 3.66. The molecule has 1 aliphatic carbocycles. The second-order valence-electron chi connectivity index (χ2n) is 6.69. The van der Waals surface area contributed by atoms with E-state index in [9.17, 15) is 0 Å². The summed E-state index contributed by atoms with van der Waals surface area (Å²) in [5.41, 5.74) is 0.553. The summed E-state index contributed by atoms with van der Waals surface area (Å²) in [5.74, 6) is 3.62. The van der Waals surface area contributed by atoms with Gasteiger partial charge in [-0.05, 0) is 49.2 Å². The predicted octanol–water partition coefficient (Wildman–Crippen LogP) is 3.69. The van der Waals surface area contributed by atoms with Crippen molar-refractivity contribution >= 4 is 11.8 Å². The third-order valence-corrected chi connectivity index (χ3v) is 5.23. The SMILES string of the molecule is CC1CC(NC2CCCSC2)CC(C)(C)C1. The first kappa shape index (κ1) is 12.8. The molecule has 2 heteroatoms. The minimum atomic E-state index is 0.553. The van der Waals surface area contributed by atoms with E-state index in [1.54, 1.807) is 0 Å². The zero-order valence-electron chi connectivity index (χ0n) is 11.1. The van der Waals surface area contributed by atoms with Gasteiger partial charge in [-0.25, -0.2) is 0 Å². The van der Waals surface area contributed by atoms with Crippen LogP contribution < -0.4 is 5.32 Å². The minimum absolute atomic E-state index is 0.553. The molecule has 0 bridgehead atoms. The highest BCUT2D eigenvalue weighted by Crippen LogP contribution is 2.38. The van der Waals surface area contributed by atoms with Gasteiger partial charge in [-0.15, -0.1) is 0 Å². The molecule has 1 heterocycles. The van der Waals surface area contributed by atoms with Crippen molar-refractivity contribution in [1.29, 1.82) is 0 Å². The highest BCUT2D eigenvalue weighted by Gasteiger charge is 2.32. The van der Waals surface area contributed by atoms with Gasteiger partial charge in [0.2, 0.25) is 0 Å². The van der Waals surface area contributed by atoms with Crippen LogP contribution in [0.4, 0.5) is 0 Å². The molecule has 1 nitrogen and oxygen atoms in total. The molecule has 0 aromatic carbocycles. The summed E-state index contributed by atoms with van der Waals surface area (Å²) in [6.45, 7) is 7.30. The van der Waals surface area contributed by atoms with Crippen LogP contribution in [0.15, 0.2) is 0 Å². The van der Waals surface area contributed by atoms with Crippen molar-refractivity contribution in [3.63, 3.8) is 0 Å². The summed E-state index contributed by atoms with van der Waals surface area (Å²) in [4.78, 5) is 0. The van der Waals surface area contributed by atoms with E-state index in [-0.39, 0.29) is 0 Å². The average Bonchev–Trinajstić information content (AvgIpc) is 2.15. The van der Waals surface area contributed by atoms with Crippen LogP contribution in [0.2, 0.25) is 0 Å². The van der Waals surface area contributed by atoms with Crippen LogP contribution >= 0.6 is 11.8 Å². The molecule has 2 fully saturated rings. The second-order valence-corrected chi connectivity index (χ2v) is 7.84. The van der Waals surface area contributed by atoms with Crippen molar-refractivity contribution in [3.05, 3.63) is 0 Å². The lowest BCUT2D eigenvalue weighted by Gasteiger charge is -2.41. The third-order valence-electron chi connectivity index (χ3n) is 4.02. The van der Waals surface area contributed by atoms with E-state index >= 15 is 0 Å². The Kier molecular flexibility index (Phi) is 4.23. The first-order valence-electron chi connectivity index (χ1n) is 6.89. The molecule has 16 heavy (non-hydrogen) atoms. The Balaban J connectivity index is 1.84. The van der Waals surface area contributed by atoms with Crippen LogP contribution in [0.1, 0.15) is 52.9 Å². The van der Waals surface area contributed by atoms with E-state index in [0.717, 1.165) is 18.0 Å². The lowest BCUT2D eigenvalue weighted by Crippen LogP contribution is -2.46. The molecule has 1 N–H and O–H groups in total. The number of hydrogen-bond donors (Lipinski definition) is 1. The molecule has 0 amide bonds. The summed E-state index contributed by atoms with van der Waals surface area (Å²) in [5, 5.41) is 3.92. The first-order valence-corrected chi connectivity index (χ1v) is 8.04. The highest BCUT2D eigenvalue weighted by molar-refractivity contribution is 7.99. The van der Waals surface area contributed by atoms with Gasteiger partial charge in [0, 0.05) is 17.8 Å². The summed E-state index contributed by atoms with van der Waals surface area (Å²) >= 11 is 2.13. The van der Waals surface area contributed by atoms with Gasteiger partial charge in [0.1, 0.15) is 0 Å². The smallest absolute Gasteiger partial charge is 0.0161 e. The van der Waals surface area contributed by atoms with E-state index in [2.05, 4.69) is 37.8 Å². The molecule has 2 rings (SSSR count). The molecule has 1 saturated carbocycles. The summed E-state index contributed by atoms with van der Waals surface area (Å²) in [6, 6.07) is 1.58. The van der Waals surface area contributed by atoms with E-state index in [1.807, 2.05) is 0 Å². The van der Waals surface area contributed by atoms with Gasteiger partial charge in [0.25, 0.3) is 0 Å². The maximum absolute atomic E-state index is 3.92. The average molecular weight is 241 g/mol. The van der Waals surface area contributed by atoms with Gasteiger partial charge < -0.3 is 5.32 Å². The lowest BCUT2D eigenvalue weighted by atomic mass is 9.70. The van der Waals surface area contributed by atoms with Crippen LogP contribution in [-0.4, -0.2) is 23.6 Å². The lowest BCUT2D eigenvalue weighted by molar-refractivity contribution is 0.145. The Morgan fingerprint density at radius 1 is 1.19 bits per heavy atom. The highest BCUT2D eigenvalue weighted by atomic mass is 32.2. The molecule has 1 aliphatic heterocycles. The van der Waals surface area contributed by atoms with Crippen LogP contribution in [0.5, 0.6) is 0 Å². The maximum atomic E-state index is 3.92. The molecule has 1 saturated heterocycles. The molecular weight excluding hydrogens is 214 g/mol. The fraction of sp³-hybridized carbons (Fsp3) is 1.00. The first-order chi connectivity index (χ1) is 7.55.